The van der Waals surface area contributed by atoms with Gasteiger partial charge in [-0.1, -0.05) is 54.9 Å². The molecular weight excluding hydrogens is 419 g/mol. The number of thiophene rings is 1. The Morgan fingerprint density at radius 2 is 2.11 bits per heavy atom. The van der Waals surface area contributed by atoms with Crippen LogP contribution in [0.15, 0.2) is 48.4 Å². The van der Waals surface area contributed by atoms with E-state index in [0.717, 1.165) is 22.4 Å². The maximum Gasteiger partial charge on any atom is 0.230 e. The molecule has 2 heterocycles. The number of imidazole rings is 1. The number of hydrogen-bond donors (Lipinski definition) is 0. The SMILES string of the molecule is CC(C)Cc1ccsc1C(=O)SC(Cn1ccnc1)c1ccc(Cl)cc1Cl. The first kappa shape index (κ1) is 20.5. The second-order valence-electron chi connectivity index (χ2n) is 6.69. The minimum absolute atomic E-state index is 0.0804. The Hall–Kier alpha value is -1.27. The number of thioether (sulfide) groups is 1. The quantitative estimate of drug-likeness (QED) is 0.408. The van der Waals surface area contributed by atoms with Crippen LogP contribution in [-0.2, 0) is 13.0 Å². The van der Waals surface area contributed by atoms with E-state index in [1.165, 1.54) is 23.1 Å². The molecule has 0 amide bonds. The number of nitrogens with zero attached hydrogens (tertiary/aromatic N) is 2. The summed E-state index contributed by atoms with van der Waals surface area (Å²) in [6, 6.07) is 7.48. The van der Waals surface area contributed by atoms with Crippen molar-refractivity contribution in [3.63, 3.8) is 0 Å². The predicted octanol–water partition coefficient (Wildman–Crippen LogP) is 6.76. The van der Waals surface area contributed by atoms with Gasteiger partial charge in [0, 0.05) is 29.0 Å². The van der Waals surface area contributed by atoms with Gasteiger partial charge in [-0.15, -0.1) is 11.3 Å². The standard InChI is InChI=1S/C20H20Cl2N2OS2/c1-13(2)9-14-5-8-26-19(14)20(25)27-18(11-24-7-6-23-12-24)16-4-3-15(21)10-17(16)22/h3-8,10,12-13,18H,9,11H2,1-2H3. The Morgan fingerprint density at radius 3 is 2.78 bits per heavy atom. The molecule has 0 fully saturated rings. The van der Waals surface area contributed by atoms with E-state index < -0.39 is 0 Å². The summed E-state index contributed by atoms with van der Waals surface area (Å²) in [6.07, 6.45) is 6.26. The molecular formula is C20H20Cl2N2OS2. The summed E-state index contributed by atoms with van der Waals surface area (Å²) in [4.78, 5) is 18.0. The molecule has 0 aliphatic heterocycles. The minimum Gasteiger partial charge on any atom is -0.336 e. The third kappa shape index (κ3) is 5.38. The van der Waals surface area contributed by atoms with Gasteiger partial charge in [-0.3, -0.25) is 4.79 Å². The van der Waals surface area contributed by atoms with Crippen LogP contribution in [0.25, 0.3) is 0 Å². The van der Waals surface area contributed by atoms with Crippen LogP contribution in [0.4, 0.5) is 0 Å². The molecule has 0 saturated heterocycles. The zero-order valence-electron chi connectivity index (χ0n) is 15.1. The topological polar surface area (TPSA) is 34.9 Å². The van der Waals surface area contributed by atoms with Crippen LogP contribution >= 0.6 is 46.3 Å². The Labute approximate surface area is 177 Å². The third-order valence-electron chi connectivity index (χ3n) is 4.05. The van der Waals surface area contributed by atoms with E-state index in [1.807, 2.05) is 28.3 Å². The lowest BCUT2D eigenvalue weighted by Crippen LogP contribution is -2.09. The van der Waals surface area contributed by atoms with E-state index in [9.17, 15) is 4.79 Å². The predicted molar refractivity (Wildman–Crippen MR) is 116 cm³/mol. The van der Waals surface area contributed by atoms with Crippen LogP contribution in [0.5, 0.6) is 0 Å². The zero-order chi connectivity index (χ0) is 19.4. The van der Waals surface area contributed by atoms with Gasteiger partial charge in [0.15, 0.2) is 0 Å². The van der Waals surface area contributed by atoms with E-state index in [-0.39, 0.29) is 10.4 Å². The van der Waals surface area contributed by atoms with Crippen molar-refractivity contribution < 1.29 is 4.79 Å². The lowest BCUT2D eigenvalue weighted by atomic mass is 10.0. The Bertz CT molecular complexity index is 907. The average molecular weight is 439 g/mol. The van der Waals surface area contributed by atoms with Gasteiger partial charge in [0.05, 0.1) is 16.5 Å². The maximum atomic E-state index is 13.1. The van der Waals surface area contributed by atoms with Gasteiger partial charge in [-0.2, -0.15) is 0 Å². The molecule has 1 atom stereocenters. The van der Waals surface area contributed by atoms with Gasteiger partial charge in [0.1, 0.15) is 0 Å². The molecule has 0 aliphatic carbocycles. The van der Waals surface area contributed by atoms with Crippen LogP contribution < -0.4 is 0 Å². The van der Waals surface area contributed by atoms with Crippen molar-refractivity contribution in [2.45, 2.75) is 32.1 Å². The molecule has 0 spiro atoms. The summed E-state index contributed by atoms with van der Waals surface area (Å²) < 4.78 is 1.96. The summed E-state index contributed by atoms with van der Waals surface area (Å²) in [7, 11) is 0. The highest BCUT2D eigenvalue weighted by Gasteiger charge is 2.23. The number of carbonyl (C=O) groups excluding carboxylic acids is 1. The highest BCUT2D eigenvalue weighted by molar-refractivity contribution is 8.14. The molecule has 1 unspecified atom stereocenters. The Kier molecular flexibility index (Phi) is 7.04. The number of benzene rings is 1. The molecule has 3 aromatic rings. The maximum absolute atomic E-state index is 13.1. The van der Waals surface area contributed by atoms with Gasteiger partial charge < -0.3 is 4.57 Å². The monoisotopic (exact) mass is 438 g/mol. The van der Waals surface area contributed by atoms with Crippen molar-refractivity contribution in [2.75, 3.05) is 0 Å². The number of halogens is 2. The van der Waals surface area contributed by atoms with E-state index in [4.69, 9.17) is 23.2 Å². The molecule has 2 aromatic heterocycles. The molecule has 0 aliphatic rings. The van der Waals surface area contributed by atoms with Crippen LogP contribution in [0.1, 0.15) is 39.9 Å². The van der Waals surface area contributed by atoms with Gasteiger partial charge in [-0.05, 0) is 47.0 Å². The van der Waals surface area contributed by atoms with Crippen LogP contribution in [0, 0.1) is 5.92 Å². The second kappa shape index (κ2) is 9.28. The fourth-order valence-electron chi connectivity index (χ4n) is 2.85. The highest BCUT2D eigenvalue weighted by atomic mass is 35.5. The van der Waals surface area contributed by atoms with Crippen LogP contribution in [0.3, 0.4) is 0 Å². The molecule has 0 radical (unpaired) electrons. The van der Waals surface area contributed by atoms with E-state index in [0.29, 0.717) is 22.5 Å². The number of aromatic nitrogens is 2. The largest absolute Gasteiger partial charge is 0.336 e. The number of hydrogen-bond acceptors (Lipinski definition) is 4. The number of rotatable bonds is 7. The number of carbonyl (C=O) groups is 1. The third-order valence-corrected chi connectivity index (χ3v) is 6.81. The molecule has 142 valence electrons. The van der Waals surface area contributed by atoms with E-state index in [1.54, 1.807) is 18.6 Å². The van der Waals surface area contributed by atoms with Gasteiger partial charge in [0.25, 0.3) is 0 Å². The summed E-state index contributed by atoms with van der Waals surface area (Å²) in [5.74, 6) is 0.503. The summed E-state index contributed by atoms with van der Waals surface area (Å²) in [5.41, 5.74) is 2.02. The molecule has 1 aromatic carbocycles. The summed E-state index contributed by atoms with van der Waals surface area (Å²) in [5, 5.41) is 3.09. The molecule has 0 bridgehead atoms. The molecule has 3 nitrogen and oxygen atoms in total. The van der Waals surface area contributed by atoms with Crippen molar-refractivity contribution in [1.29, 1.82) is 0 Å². The summed E-state index contributed by atoms with van der Waals surface area (Å²) >= 11 is 15.3. The summed E-state index contributed by atoms with van der Waals surface area (Å²) in [6.45, 7) is 4.92. The van der Waals surface area contributed by atoms with Gasteiger partial charge >= 0.3 is 0 Å². The van der Waals surface area contributed by atoms with Crippen molar-refractivity contribution in [3.8, 4) is 0 Å². The smallest absolute Gasteiger partial charge is 0.230 e. The highest BCUT2D eigenvalue weighted by Crippen LogP contribution is 2.39. The van der Waals surface area contributed by atoms with E-state index in [2.05, 4.69) is 24.9 Å². The second-order valence-corrected chi connectivity index (χ2v) is 9.63. The van der Waals surface area contributed by atoms with Crippen LogP contribution in [-0.4, -0.2) is 14.7 Å². The fourth-order valence-corrected chi connectivity index (χ4v) is 5.58. The molecule has 0 saturated carbocycles. The first-order valence-electron chi connectivity index (χ1n) is 8.62. The minimum atomic E-state index is -0.134. The molecule has 27 heavy (non-hydrogen) atoms. The lowest BCUT2D eigenvalue weighted by Gasteiger charge is -2.18. The average Bonchev–Trinajstić information content (AvgIpc) is 3.25. The van der Waals surface area contributed by atoms with Crippen molar-refractivity contribution in [2.24, 2.45) is 5.92 Å². The molecule has 0 N–H and O–H groups in total. The zero-order valence-corrected chi connectivity index (χ0v) is 18.2. The molecule has 7 heteroatoms. The lowest BCUT2D eigenvalue weighted by molar-refractivity contribution is 0.109. The fraction of sp³-hybridized carbons (Fsp3) is 0.300. The first-order chi connectivity index (χ1) is 12.9. The Morgan fingerprint density at radius 1 is 1.30 bits per heavy atom. The normalized spacial score (nSPS) is 12.5. The van der Waals surface area contributed by atoms with Crippen molar-refractivity contribution in [1.82, 2.24) is 9.55 Å². The van der Waals surface area contributed by atoms with Gasteiger partial charge in [0.2, 0.25) is 5.12 Å². The van der Waals surface area contributed by atoms with E-state index >= 15 is 0 Å². The van der Waals surface area contributed by atoms with Crippen molar-refractivity contribution >= 4 is 51.4 Å². The first-order valence-corrected chi connectivity index (χ1v) is 11.1. The molecule has 3 rings (SSSR count). The van der Waals surface area contributed by atoms with Crippen LogP contribution in [0.2, 0.25) is 10.0 Å². The Balaban J connectivity index is 1.87. The van der Waals surface area contributed by atoms with Gasteiger partial charge in [-0.25, -0.2) is 4.98 Å². The van der Waals surface area contributed by atoms with Crippen molar-refractivity contribution in [3.05, 3.63) is 74.4 Å².